The Balaban J connectivity index is 1.86. The number of rotatable bonds is 2. The number of methoxy groups -OCH3 is 1. The number of urea groups is 1. The van der Waals surface area contributed by atoms with Crippen molar-refractivity contribution in [2.24, 2.45) is 5.92 Å². The van der Waals surface area contributed by atoms with Gasteiger partial charge >= 0.3 is 18.1 Å². The number of carbonyl (C=O) groups excluding carboxylic acids is 2. The Morgan fingerprint density at radius 1 is 1.14 bits per heavy atom. The van der Waals surface area contributed by atoms with E-state index < -0.39 is 18.0 Å². The Labute approximate surface area is 123 Å². The van der Waals surface area contributed by atoms with Crippen LogP contribution in [0.3, 0.4) is 0 Å². The van der Waals surface area contributed by atoms with Crippen molar-refractivity contribution in [3.05, 3.63) is 0 Å². The van der Waals surface area contributed by atoms with Gasteiger partial charge in [-0.15, -0.1) is 0 Å². The molecule has 21 heavy (non-hydrogen) atoms. The molecule has 118 valence electrons. The van der Waals surface area contributed by atoms with Gasteiger partial charge in [-0.25, -0.2) is 9.59 Å². The van der Waals surface area contributed by atoms with Gasteiger partial charge in [0.25, 0.3) is 0 Å². The standard InChI is InChI=1S/C13H21N3O5/c1-21-12(19)14-10-4-6-16(8-10)13(20)15-5-2-3-9(7-15)11(17)18/h9-10H,2-8H2,1H3,(H,14,19)(H,17,18). The molecule has 0 saturated carbocycles. The average molecular weight is 299 g/mol. The molecule has 2 saturated heterocycles. The zero-order valence-corrected chi connectivity index (χ0v) is 12.1. The molecule has 8 heteroatoms. The van der Waals surface area contributed by atoms with Gasteiger partial charge in [-0.3, -0.25) is 4.79 Å². The summed E-state index contributed by atoms with van der Waals surface area (Å²) in [5.41, 5.74) is 0. The van der Waals surface area contributed by atoms with Crippen LogP contribution < -0.4 is 5.32 Å². The van der Waals surface area contributed by atoms with E-state index >= 15 is 0 Å². The SMILES string of the molecule is COC(=O)NC1CCN(C(=O)N2CCCC(C(=O)O)C2)C1. The summed E-state index contributed by atoms with van der Waals surface area (Å²) in [6, 6.07) is -0.253. The first-order valence-electron chi connectivity index (χ1n) is 7.12. The second-order valence-electron chi connectivity index (χ2n) is 5.47. The molecule has 2 heterocycles. The minimum Gasteiger partial charge on any atom is -0.481 e. The van der Waals surface area contributed by atoms with Crippen molar-refractivity contribution in [1.29, 1.82) is 0 Å². The van der Waals surface area contributed by atoms with Gasteiger partial charge in [0.1, 0.15) is 0 Å². The number of hydrogen-bond donors (Lipinski definition) is 2. The van der Waals surface area contributed by atoms with Gasteiger partial charge in [-0.05, 0) is 19.3 Å². The molecule has 8 nitrogen and oxygen atoms in total. The Bertz CT molecular complexity index is 428. The molecule has 2 aliphatic rings. The van der Waals surface area contributed by atoms with E-state index in [0.717, 1.165) is 0 Å². The lowest BCUT2D eigenvalue weighted by Gasteiger charge is -2.33. The maximum atomic E-state index is 12.4. The largest absolute Gasteiger partial charge is 0.481 e. The number of nitrogens with one attached hydrogen (secondary N) is 1. The van der Waals surface area contributed by atoms with E-state index in [-0.39, 0.29) is 18.6 Å². The summed E-state index contributed by atoms with van der Waals surface area (Å²) < 4.78 is 4.54. The first-order valence-corrected chi connectivity index (χ1v) is 7.12. The number of amides is 3. The van der Waals surface area contributed by atoms with Crippen LogP contribution in [0.25, 0.3) is 0 Å². The topological polar surface area (TPSA) is 99.2 Å². The summed E-state index contributed by atoms with van der Waals surface area (Å²) in [5, 5.41) is 11.7. The van der Waals surface area contributed by atoms with Gasteiger partial charge in [0.05, 0.1) is 19.1 Å². The highest BCUT2D eigenvalue weighted by Gasteiger charge is 2.34. The van der Waals surface area contributed by atoms with Gasteiger partial charge in [-0.2, -0.15) is 0 Å². The van der Waals surface area contributed by atoms with Crippen LogP contribution in [0, 0.1) is 5.92 Å². The summed E-state index contributed by atoms with van der Waals surface area (Å²) in [6.45, 7) is 1.85. The number of ether oxygens (including phenoxy) is 1. The maximum Gasteiger partial charge on any atom is 0.407 e. The molecule has 0 aromatic carbocycles. The summed E-state index contributed by atoms with van der Waals surface area (Å²) in [4.78, 5) is 37.8. The Morgan fingerprint density at radius 3 is 2.52 bits per heavy atom. The molecule has 0 spiro atoms. The van der Waals surface area contributed by atoms with E-state index in [1.807, 2.05) is 0 Å². The van der Waals surface area contributed by atoms with Crippen LogP contribution in [0.2, 0.25) is 0 Å². The van der Waals surface area contributed by atoms with Crippen LogP contribution in [0.4, 0.5) is 9.59 Å². The van der Waals surface area contributed by atoms with Crippen molar-refractivity contribution >= 4 is 18.1 Å². The Hall–Kier alpha value is -1.99. The number of hydrogen-bond acceptors (Lipinski definition) is 4. The summed E-state index contributed by atoms with van der Waals surface area (Å²) in [5.74, 6) is -1.33. The van der Waals surface area contributed by atoms with Gasteiger partial charge in [-0.1, -0.05) is 0 Å². The number of nitrogens with zero attached hydrogens (tertiary/aromatic N) is 2. The fourth-order valence-electron chi connectivity index (χ4n) is 2.83. The summed E-state index contributed by atoms with van der Waals surface area (Å²) >= 11 is 0. The second kappa shape index (κ2) is 6.64. The third-order valence-electron chi connectivity index (χ3n) is 4.01. The number of carbonyl (C=O) groups is 3. The monoisotopic (exact) mass is 299 g/mol. The van der Waals surface area contributed by atoms with Gasteiger partial charge in [0.2, 0.25) is 0 Å². The first kappa shape index (κ1) is 15.4. The lowest BCUT2D eigenvalue weighted by atomic mass is 9.99. The van der Waals surface area contributed by atoms with Crippen LogP contribution in [-0.2, 0) is 9.53 Å². The molecule has 0 aliphatic carbocycles. The Morgan fingerprint density at radius 2 is 1.86 bits per heavy atom. The van der Waals surface area contributed by atoms with E-state index in [1.165, 1.54) is 7.11 Å². The summed E-state index contributed by atoms with van der Waals surface area (Å²) in [6.07, 6.45) is 1.50. The normalized spacial score (nSPS) is 25.6. The number of aliphatic carboxylic acids is 1. The molecule has 0 radical (unpaired) electrons. The molecular weight excluding hydrogens is 278 g/mol. The molecule has 0 bridgehead atoms. The number of alkyl carbamates (subject to hydrolysis) is 1. The average Bonchev–Trinajstić information content (AvgIpc) is 2.94. The van der Waals surface area contributed by atoms with Crippen molar-refractivity contribution < 1.29 is 24.2 Å². The molecule has 2 N–H and O–H groups in total. The first-order chi connectivity index (χ1) is 10.0. The highest BCUT2D eigenvalue weighted by molar-refractivity contribution is 5.77. The zero-order valence-electron chi connectivity index (χ0n) is 12.1. The minimum absolute atomic E-state index is 0.110. The quantitative estimate of drug-likeness (QED) is 0.765. The van der Waals surface area contributed by atoms with Crippen LogP contribution in [0.5, 0.6) is 0 Å². The molecule has 2 aliphatic heterocycles. The van der Waals surface area contributed by atoms with Crippen molar-refractivity contribution in [3.63, 3.8) is 0 Å². The zero-order chi connectivity index (χ0) is 15.4. The lowest BCUT2D eigenvalue weighted by molar-refractivity contribution is -0.143. The predicted molar refractivity (Wildman–Crippen MR) is 72.8 cm³/mol. The highest BCUT2D eigenvalue weighted by atomic mass is 16.5. The number of likely N-dealkylation sites (tertiary alicyclic amines) is 2. The molecule has 3 amide bonds. The fourth-order valence-corrected chi connectivity index (χ4v) is 2.83. The minimum atomic E-state index is -0.848. The fraction of sp³-hybridized carbons (Fsp3) is 0.769. The second-order valence-corrected chi connectivity index (χ2v) is 5.47. The van der Waals surface area contributed by atoms with E-state index in [1.54, 1.807) is 9.80 Å². The lowest BCUT2D eigenvalue weighted by Crippen LogP contribution is -2.49. The number of carboxylic acids is 1. The van der Waals surface area contributed by atoms with Crippen LogP contribution in [0.15, 0.2) is 0 Å². The summed E-state index contributed by atoms with van der Waals surface area (Å²) in [7, 11) is 1.30. The van der Waals surface area contributed by atoms with Crippen LogP contribution in [-0.4, -0.2) is 72.3 Å². The molecule has 2 unspecified atom stereocenters. The molecule has 2 atom stereocenters. The Kier molecular flexibility index (Phi) is 4.87. The van der Waals surface area contributed by atoms with E-state index in [2.05, 4.69) is 10.1 Å². The van der Waals surface area contributed by atoms with E-state index in [4.69, 9.17) is 5.11 Å². The predicted octanol–water partition coefficient (Wildman–Crippen LogP) is 0.333. The van der Waals surface area contributed by atoms with Gasteiger partial charge < -0.3 is 25.0 Å². The number of carboxylic acid groups (broad SMARTS) is 1. The van der Waals surface area contributed by atoms with E-state index in [0.29, 0.717) is 38.9 Å². The highest BCUT2D eigenvalue weighted by Crippen LogP contribution is 2.20. The molecule has 0 aromatic rings. The van der Waals surface area contributed by atoms with Crippen molar-refractivity contribution in [1.82, 2.24) is 15.1 Å². The maximum absolute atomic E-state index is 12.4. The van der Waals surface area contributed by atoms with E-state index in [9.17, 15) is 14.4 Å². The van der Waals surface area contributed by atoms with Crippen molar-refractivity contribution in [2.75, 3.05) is 33.3 Å². The number of piperidine rings is 1. The molecule has 0 aromatic heterocycles. The molecular formula is C13H21N3O5. The third-order valence-corrected chi connectivity index (χ3v) is 4.01. The third kappa shape index (κ3) is 3.77. The van der Waals surface area contributed by atoms with Gasteiger partial charge in [0, 0.05) is 26.2 Å². The van der Waals surface area contributed by atoms with Crippen molar-refractivity contribution in [2.45, 2.75) is 25.3 Å². The smallest absolute Gasteiger partial charge is 0.407 e. The molecule has 2 fully saturated rings. The molecule has 2 rings (SSSR count). The van der Waals surface area contributed by atoms with Crippen LogP contribution in [0.1, 0.15) is 19.3 Å². The van der Waals surface area contributed by atoms with Crippen LogP contribution >= 0.6 is 0 Å². The van der Waals surface area contributed by atoms with Gasteiger partial charge in [0.15, 0.2) is 0 Å². The van der Waals surface area contributed by atoms with Crippen molar-refractivity contribution in [3.8, 4) is 0 Å².